The van der Waals surface area contributed by atoms with Gasteiger partial charge >= 0.3 is 0 Å². The molecule has 102 valence electrons. The third-order valence-electron chi connectivity index (χ3n) is 4.07. The largest absolute Gasteiger partial charge is 0.468 e. The Morgan fingerprint density at radius 1 is 1.39 bits per heavy atom. The summed E-state index contributed by atoms with van der Waals surface area (Å²) in [5.41, 5.74) is 6.35. The zero-order valence-corrected chi connectivity index (χ0v) is 11.9. The van der Waals surface area contributed by atoms with Crippen LogP contribution in [0.5, 0.6) is 0 Å². The molecule has 0 spiro atoms. The number of nitrogens with two attached hydrogens (primary N) is 1. The van der Waals surface area contributed by atoms with Gasteiger partial charge in [-0.25, -0.2) is 0 Å². The average molecular weight is 251 g/mol. The van der Waals surface area contributed by atoms with Crippen LogP contribution in [0.4, 0.5) is 0 Å². The van der Waals surface area contributed by atoms with Crippen molar-refractivity contribution in [2.45, 2.75) is 38.4 Å². The van der Waals surface area contributed by atoms with Crippen molar-refractivity contribution in [2.24, 2.45) is 5.73 Å². The van der Waals surface area contributed by atoms with Crippen molar-refractivity contribution in [1.82, 2.24) is 9.80 Å². The molecule has 1 aliphatic rings. The van der Waals surface area contributed by atoms with E-state index in [9.17, 15) is 0 Å². The van der Waals surface area contributed by atoms with Gasteiger partial charge in [-0.2, -0.15) is 0 Å². The Bertz CT molecular complexity index is 372. The highest BCUT2D eigenvalue weighted by Crippen LogP contribution is 2.29. The molecule has 2 N–H and O–H groups in total. The normalized spacial score (nSPS) is 24.9. The Labute approximate surface area is 110 Å². The molecule has 18 heavy (non-hydrogen) atoms. The molecule has 2 unspecified atom stereocenters. The minimum atomic E-state index is 0.0651. The smallest absolute Gasteiger partial charge is 0.122 e. The van der Waals surface area contributed by atoms with Crippen LogP contribution in [0.15, 0.2) is 22.8 Å². The van der Waals surface area contributed by atoms with E-state index >= 15 is 0 Å². The number of piperazine rings is 1. The van der Waals surface area contributed by atoms with E-state index in [1.54, 1.807) is 6.26 Å². The summed E-state index contributed by atoms with van der Waals surface area (Å²) in [4.78, 5) is 4.85. The SMILES string of the molecule is CC(N)C(c1ccco1)N1CCN(C)C(C)(C)C1. The predicted molar refractivity (Wildman–Crippen MR) is 73.4 cm³/mol. The number of hydrogen-bond donors (Lipinski definition) is 1. The van der Waals surface area contributed by atoms with Crippen molar-refractivity contribution >= 4 is 0 Å². The molecular weight excluding hydrogens is 226 g/mol. The zero-order chi connectivity index (χ0) is 13.3. The third kappa shape index (κ3) is 2.60. The van der Waals surface area contributed by atoms with Crippen LogP contribution in [-0.2, 0) is 0 Å². The van der Waals surface area contributed by atoms with Gasteiger partial charge in [-0.05, 0) is 40.0 Å². The first-order valence-corrected chi connectivity index (χ1v) is 6.66. The molecule has 2 rings (SSSR count). The van der Waals surface area contributed by atoms with E-state index in [0.29, 0.717) is 0 Å². The number of nitrogens with zero attached hydrogens (tertiary/aromatic N) is 2. The van der Waals surface area contributed by atoms with Gasteiger partial charge in [0, 0.05) is 31.2 Å². The van der Waals surface area contributed by atoms with Crippen LogP contribution in [0.3, 0.4) is 0 Å². The maximum absolute atomic E-state index is 6.17. The molecule has 1 aromatic heterocycles. The van der Waals surface area contributed by atoms with Crippen LogP contribution in [-0.4, -0.2) is 48.1 Å². The third-order valence-corrected chi connectivity index (χ3v) is 4.07. The fourth-order valence-corrected chi connectivity index (χ4v) is 2.75. The Morgan fingerprint density at radius 2 is 2.11 bits per heavy atom. The fourth-order valence-electron chi connectivity index (χ4n) is 2.75. The summed E-state index contributed by atoms with van der Waals surface area (Å²) in [7, 11) is 2.19. The summed E-state index contributed by atoms with van der Waals surface area (Å²) >= 11 is 0. The monoisotopic (exact) mass is 251 g/mol. The highest BCUT2D eigenvalue weighted by atomic mass is 16.3. The highest BCUT2D eigenvalue weighted by Gasteiger charge is 2.36. The fraction of sp³-hybridized carbons (Fsp3) is 0.714. The molecule has 0 aliphatic carbocycles. The Kier molecular flexibility index (Phi) is 3.80. The van der Waals surface area contributed by atoms with Gasteiger partial charge in [0.2, 0.25) is 0 Å². The van der Waals surface area contributed by atoms with Crippen LogP contribution < -0.4 is 5.73 Å². The second kappa shape index (κ2) is 5.03. The summed E-state index contributed by atoms with van der Waals surface area (Å²) in [5.74, 6) is 0.977. The topological polar surface area (TPSA) is 45.6 Å². The lowest BCUT2D eigenvalue weighted by Crippen LogP contribution is -2.59. The van der Waals surface area contributed by atoms with Crippen molar-refractivity contribution in [1.29, 1.82) is 0 Å². The van der Waals surface area contributed by atoms with Crippen molar-refractivity contribution in [3.63, 3.8) is 0 Å². The van der Waals surface area contributed by atoms with Gasteiger partial charge < -0.3 is 10.2 Å². The van der Waals surface area contributed by atoms with E-state index in [4.69, 9.17) is 10.2 Å². The second-order valence-electron chi connectivity index (χ2n) is 6.02. The lowest BCUT2D eigenvalue weighted by molar-refractivity contribution is 0.00603. The highest BCUT2D eigenvalue weighted by molar-refractivity contribution is 5.09. The average Bonchev–Trinajstić information content (AvgIpc) is 2.76. The zero-order valence-electron chi connectivity index (χ0n) is 11.9. The van der Waals surface area contributed by atoms with E-state index in [1.165, 1.54) is 0 Å². The molecule has 0 bridgehead atoms. The van der Waals surface area contributed by atoms with Crippen molar-refractivity contribution < 1.29 is 4.42 Å². The molecule has 4 nitrogen and oxygen atoms in total. The molecule has 1 saturated heterocycles. The van der Waals surface area contributed by atoms with Crippen LogP contribution in [0.2, 0.25) is 0 Å². The molecule has 1 aromatic rings. The minimum absolute atomic E-state index is 0.0651. The van der Waals surface area contributed by atoms with E-state index in [0.717, 1.165) is 25.4 Å². The van der Waals surface area contributed by atoms with Gasteiger partial charge in [0.25, 0.3) is 0 Å². The van der Waals surface area contributed by atoms with Crippen molar-refractivity contribution in [3.8, 4) is 0 Å². The molecule has 1 aliphatic heterocycles. The molecule has 0 aromatic carbocycles. The number of rotatable bonds is 3. The molecular formula is C14H25N3O. The first-order chi connectivity index (χ1) is 8.42. The van der Waals surface area contributed by atoms with Gasteiger partial charge in [-0.3, -0.25) is 9.80 Å². The lowest BCUT2D eigenvalue weighted by atomic mass is 9.96. The van der Waals surface area contributed by atoms with Gasteiger partial charge in [0.15, 0.2) is 0 Å². The summed E-state index contributed by atoms with van der Waals surface area (Å²) in [5, 5.41) is 0. The molecule has 2 heterocycles. The molecule has 0 amide bonds. The molecule has 0 saturated carbocycles. The van der Waals surface area contributed by atoms with E-state index in [1.807, 2.05) is 12.1 Å². The maximum Gasteiger partial charge on any atom is 0.122 e. The first kappa shape index (κ1) is 13.6. The molecule has 4 heteroatoms. The van der Waals surface area contributed by atoms with E-state index in [2.05, 4.69) is 37.6 Å². The number of hydrogen-bond acceptors (Lipinski definition) is 4. The number of furan rings is 1. The maximum atomic E-state index is 6.17. The van der Waals surface area contributed by atoms with Gasteiger partial charge in [0.1, 0.15) is 5.76 Å². The molecule has 2 atom stereocenters. The Balaban J connectivity index is 2.18. The summed E-state index contributed by atoms with van der Waals surface area (Å²) < 4.78 is 5.57. The number of likely N-dealkylation sites (N-methyl/N-ethyl adjacent to an activating group) is 1. The van der Waals surface area contributed by atoms with Crippen LogP contribution >= 0.6 is 0 Å². The van der Waals surface area contributed by atoms with Crippen LogP contribution in [0, 0.1) is 0 Å². The molecule has 0 radical (unpaired) electrons. The quantitative estimate of drug-likeness (QED) is 0.888. The Hall–Kier alpha value is -0.840. The van der Waals surface area contributed by atoms with Crippen LogP contribution in [0.1, 0.15) is 32.6 Å². The summed E-state index contributed by atoms with van der Waals surface area (Å²) in [6.07, 6.45) is 1.73. The standard InChI is InChI=1S/C14H25N3O/c1-11(15)13(12-6-5-9-18-12)17-8-7-16(4)14(2,3)10-17/h5-6,9,11,13H,7-8,10,15H2,1-4H3. The van der Waals surface area contributed by atoms with Gasteiger partial charge in [-0.15, -0.1) is 0 Å². The van der Waals surface area contributed by atoms with Gasteiger partial charge in [0.05, 0.1) is 12.3 Å². The van der Waals surface area contributed by atoms with E-state index in [-0.39, 0.29) is 17.6 Å². The van der Waals surface area contributed by atoms with Crippen LogP contribution in [0.25, 0.3) is 0 Å². The first-order valence-electron chi connectivity index (χ1n) is 6.66. The van der Waals surface area contributed by atoms with Crippen molar-refractivity contribution in [2.75, 3.05) is 26.7 Å². The summed E-state index contributed by atoms with van der Waals surface area (Å²) in [6, 6.07) is 4.20. The predicted octanol–water partition coefficient (Wildman–Crippen LogP) is 1.69. The van der Waals surface area contributed by atoms with E-state index < -0.39 is 0 Å². The molecule has 1 fully saturated rings. The second-order valence-corrected chi connectivity index (χ2v) is 6.02. The lowest BCUT2D eigenvalue weighted by Gasteiger charge is -2.48. The van der Waals surface area contributed by atoms with Gasteiger partial charge in [-0.1, -0.05) is 0 Å². The minimum Gasteiger partial charge on any atom is -0.468 e. The summed E-state index contributed by atoms with van der Waals surface area (Å²) in [6.45, 7) is 9.72. The Morgan fingerprint density at radius 3 is 2.61 bits per heavy atom. The van der Waals surface area contributed by atoms with Crippen molar-refractivity contribution in [3.05, 3.63) is 24.2 Å².